The van der Waals surface area contributed by atoms with Gasteiger partial charge in [0, 0.05) is 35.5 Å². The zero-order chi connectivity index (χ0) is 13.0. The number of hydrogen-bond acceptors (Lipinski definition) is 2. The molecule has 18 heavy (non-hydrogen) atoms. The van der Waals surface area contributed by atoms with Crippen LogP contribution in [0.15, 0.2) is 41.4 Å². The van der Waals surface area contributed by atoms with Gasteiger partial charge in [-0.25, -0.2) is 4.98 Å². The Labute approximate surface area is 114 Å². The monoisotopic (exact) mass is 307 g/mol. The molecular weight excluding hydrogens is 294 g/mol. The number of aryl methyl sites for hydroxylation is 2. The normalized spacial score (nSPS) is 10.3. The molecule has 1 amide bonds. The Bertz CT molecular complexity index is 537. The summed E-state index contributed by atoms with van der Waals surface area (Å²) < 4.78 is 2.87. The second-order valence-electron chi connectivity index (χ2n) is 4.06. The highest BCUT2D eigenvalue weighted by Crippen LogP contribution is 2.20. The number of carbonyl (C=O) groups is 1. The summed E-state index contributed by atoms with van der Waals surface area (Å²) in [5.41, 5.74) is 1.95. The predicted octanol–water partition coefficient (Wildman–Crippen LogP) is 2.98. The maximum absolute atomic E-state index is 11.7. The Hall–Kier alpha value is -1.62. The number of aromatic nitrogens is 2. The van der Waals surface area contributed by atoms with Gasteiger partial charge in [0.15, 0.2) is 0 Å². The molecule has 0 bridgehead atoms. The predicted molar refractivity (Wildman–Crippen MR) is 74.4 cm³/mol. The van der Waals surface area contributed by atoms with Crippen molar-refractivity contribution >= 4 is 27.5 Å². The van der Waals surface area contributed by atoms with Gasteiger partial charge in [-0.15, -0.1) is 0 Å². The van der Waals surface area contributed by atoms with Gasteiger partial charge < -0.3 is 9.88 Å². The molecule has 0 saturated heterocycles. The summed E-state index contributed by atoms with van der Waals surface area (Å²) in [6, 6.07) is 5.77. The third kappa shape index (κ3) is 3.43. The summed E-state index contributed by atoms with van der Waals surface area (Å²) in [7, 11) is 0. The first-order valence-corrected chi connectivity index (χ1v) is 6.46. The third-order valence-corrected chi connectivity index (χ3v) is 3.47. The highest BCUT2D eigenvalue weighted by Gasteiger charge is 2.04. The second-order valence-corrected chi connectivity index (χ2v) is 4.92. The van der Waals surface area contributed by atoms with E-state index in [1.54, 1.807) is 12.5 Å². The average Bonchev–Trinajstić information content (AvgIpc) is 2.84. The van der Waals surface area contributed by atoms with E-state index in [4.69, 9.17) is 0 Å². The molecule has 5 heteroatoms. The van der Waals surface area contributed by atoms with Crippen LogP contribution in [-0.2, 0) is 11.3 Å². The third-order valence-electron chi connectivity index (χ3n) is 2.61. The average molecular weight is 308 g/mol. The molecule has 1 aromatic carbocycles. The quantitative estimate of drug-likeness (QED) is 0.944. The molecule has 0 spiro atoms. The van der Waals surface area contributed by atoms with E-state index in [9.17, 15) is 4.79 Å². The lowest BCUT2D eigenvalue weighted by molar-refractivity contribution is -0.116. The molecule has 2 rings (SSSR count). The van der Waals surface area contributed by atoms with E-state index in [0.29, 0.717) is 13.0 Å². The first-order chi connectivity index (χ1) is 8.65. The molecule has 0 saturated carbocycles. The highest BCUT2D eigenvalue weighted by atomic mass is 79.9. The molecule has 0 aliphatic rings. The number of imidazole rings is 1. The Balaban J connectivity index is 1.88. The van der Waals surface area contributed by atoms with Crippen LogP contribution in [-0.4, -0.2) is 15.5 Å². The van der Waals surface area contributed by atoms with Crippen molar-refractivity contribution in [1.82, 2.24) is 9.55 Å². The van der Waals surface area contributed by atoms with Crippen LogP contribution < -0.4 is 5.32 Å². The van der Waals surface area contributed by atoms with Crippen molar-refractivity contribution in [2.75, 3.05) is 5.32 Å². The van der Waals surface area contributed by atoms with Crippen molar-refractivity contribution in [3.8, 4) is 0 Å². The van der Waals surface area contributed by atoms with E-state index in [-0.39, 0.29) is 5.91 Å². The van der Waals surface area contributed by atoms with Gasteiger partial charge >= 0.3 is 0 Å². The Morgan fingerprint density at radius 3 is 3.00 bits per heavy atom. The lowest BCUT2D eigenvalue weighted by atomic mass is 10.2. The van der Waals surface area contributed by atoms with Crippen LogP contribution in [0.25, 0.3) is 0 Å². The van der Waals surface area contributed by atoms with Crippen LogP contribution in [0.3, 0.4) is 0 Å². The van der Waals surface area contributed by atoms with E-state index < -0.39 is 0 Å². The summed E-state index contributed by atoms with van der Waals surface area (Å²) in [4.78, 5) is 15.7. The first kappa shape index (κ1) is 12.8. The van der Waals surface area contributed by atoms with Crippen LogP contribution in [0, 0.1) is 6.92 Å². The number of anilines is 1. The number of nitrogens with one attached hydrogen (secondary N) is 1. The Morgan fingerprint density at radius 1 is 1.50 bits per heavy atom. The van der Waals surface area contributed by atoms with E-state index in [1.165, 1.54) is 0 Å². The minimum absolute atomic E-state index is 0.000506. The molecule has 0 unspecified atom stereocenters. The molecule has 0 aliphatic heterocycles. The van der Waals surface area contributed by atoms with Gasteiger partial charge in [0.1, 0.15) is 0 Å². The zero-order valence-electron chi connectivity index (χ0n) is 10.1. The van der Waals surface area contributed by atoms with Gasteiger partial charge in [0.2, 0.25) is 5.91 Å². The largest absolute Gasteiger partial charge is 0.337 e. The number of nitrogens with zero attached hydrogens (tertiary/aromatic N) is 2. The second kappa shape index (κ2) is 5.82. The maximum atomic E-state index is 11.7. The number of halogens is 1. The molecule has 0 atom stereocenters. The zero-order valence-corrected chi connectivity index (χ0v) is 11.6. The lowest BCUT2D eigenvalue weighted by Gasteiger charge is -2.07. The van der Waals surface area contributed by atoms with Crippen molar-refractivity contribution in [1.29, 1.82) is 0 Å². The van der Waals surface area contributed by atoms with E-state index in [2.05, 4.69) is 26.2 Å². The van der Waals surface area contributed by atoms with Crippen molar-refractivity contribution in [2.45, 2.75) is 19.9 Å². The number of benzene rings is 1. The molecule has 4 nitrogen and oxygen atoms in total. The van der Waals surface area contributed by atoms with Gasteiger partial charge in [-0.3, -0.25) is 4.79 Å². The highest BCUT2D eigenvalue weighted by molar-refractivity contribution is 9.10. The summed E-state index contributed by atoms with van der Waals surface area (Å²) >= 11 is 3.44. The smallest absolute Gasteiger partial charge is 0.226 e. The van der Waals surface area contributed by atoms with E-state index in [0.717, 1.165) is 15.7 Å². The van der Waals surface area contributed by atoms with Crippen molar-refractivity contribution in [3.63, 3.8) is 0 Å². The minimum atomic E-state index is -0.000506. The molecule has 0 fully saturated rings. The number of carbonyl (C=O) groups excluding carboxylic acids is 1. The molecule has 0 radical (unpaired) electrons. The SMILES string of the molecule is Cc1ccc(NC(=O)CCn2ccnc2)cc1Br. The van der Waals surface area contributed by atoms with Crippen LogP contribution in [0.1, 0.15) is 12.0 Å². The van der Waals surface area contributed by atoms with Crippen molar-refractivity contribution < 1.29 is 4.79 Å². The number of hydrogen-bond donors (Lipinski definition) is 1. The molecule has 1 N–H and O–H groups in total. The molecule has 1 heterocycles. The lowest BCUT2D eigenvalue weighted by Crippen LogP contribution is -2.14. The molecule has 94 valence electrons. The van der Waals surface area contributed by atoms with Crippen LogP contribution >= 0.6 is 15.9 Å². The van der Waals surface area contributed by atoms with E-state index >= 15 is 0 Å². The van der Waals surface area contributed by atoms with Gasteiger partial charge in [-0.05, 0) is 24.6 Å². The summed E-state index contributed by atoms with van der Waals surface area (Å²) in [5.74, 6) is -0.000506. The molecular formula is C13H14BrN3O. The summed E-state index contributed by atoms with van der Waals surface area (Å²) in [6.07, 6.45) is 5.68. The fraction of sp³-hybridized carbons (Fsp3) is 0.231. The maximum Gasteiger partial charge on any atom is 0.226 e. The van der Waals surface area contributed by atoms with Gasteiger partial charge in [-0.2, -0.15) is 0 Å². The van der Waals surface area contributed by atoms with Gasteiger partial charge in [-0.1, -0.05) is 22.0 Å². The molecule has 2 aromatic rings. The minimum Gasteiger partial charge on any atom is -0.337 e. The summed E-state index contributed by atoms with van der Waals surface area (Å²) in [5, 5.41) is 2.87. The standard InChI is InChI=1S/C13H14BrN3O/c1-10-2-3-11(8-12(10)14)16-13(18)4-6-17-7-5-15-9-17/h2-3,5,7-9H,4,6H2,1H3,(H,16,18). The fourth-order valence-corrected chi connectivity index (χ4v) is 1.92. The van der Waals surface area contributed by atoms with Crippen LogP contribution in [0.5, 0.6) is 0 Å². The molecule has 1 aromatic heterocycles. The first-order valence-electron chi connectivity index (χ1n) is 5.67. The van der Waals surface area contributed by atoms with Crippen molar-refractivity contribution in [3.05, 3.63) is 47.0 Å². The number of rotatable bonds is 4. The summed E-state index contributed by atoms with van der Waals surface area (Å²) in [6.45, 7) is 2.65. The van der Waals surface area contributed by atoms with Crippen LogP contribution in [0.4, 0.5) is 5.69 Å². The fourth-order valence-electron chi connectivity index (χ4n) is 1.54. The van der Waals surface area contributed by atoms with Crippen molar-refractivity contribution in [2.24, 2.45) is 0 Å². The van der Waals surface area contributed by atoms with Gasteiger partial charge in [0.05, 0.1) is 6.33 Å². The Morgan fingerprint density at radius 2 is 2.33 bits per heavy atom. The topological polar surface area (TPSA) is 46.9 Å². The van der Waals surface area contributed by atoms with E-state index in [1.807, 2.05) is 35.9 Å². The van der Waals surface area contributed by atoms with Crippen LogP contribution in [0.2, 0.25) is 0 Å². The Kier molecular flexibility index (Phi) is 4.15. The van der Waals surface area contributed by atoms with Gasteiger partial charge in [0.25, 0.3) is 0 Å². The number of amides is 1. The molecule has 0 aliphatic carbocycles.